The van der Waals surface area contributed by atoms with Gasteiger partial charge in [-0.2, -0.15) is 0 Å². The Morgan fingerprint density at radius 3 is 2.52 bits per heavy atom. The summed E-state index contributed by atoms with van der Waals surface area (Å²) in [6.07, 6.45) is 0. The van der Waals surface area contributed by atoms with Crippen LogP contribution in [0.2, 0.25) is 0 Å². The molecule has 4 aromatic rings. The van der Waals surface area contributed by atoms with Gasteiger partial charge in [0.1, 0.15) is 11.5 Å². The van der Waals surface area contributed by atoms with Crippen LogP contribution in [0.25, 0.3) is 11.0 Å². The molecule has 0 atom stereocenters. The fourth-order valence-corrected chi connectivity index (χ4v) is 4.09. The maximum Gasteiger partial charge on any atom is 0.234 e. The Kier molecular flexibility index (Phi) is 6.43. The van der Waals surface area contributed by atoms with Gasteiger partial charge in [-0.25, -0.2) is 4.98 Å². The predicted octanol–water partition coefficient (Wildman–Crippen LogP) is 4.83. The molecule has 0 fully saturated rings. The van der Waals surface area contributed by atoms with E-state index in [0.29, 0.717) is 6.54 Å². The van der Waals surface area contributed by atoms with Crippen LogP contribution in [-0.4, -0.2) is 35.4 Å². The van der Waals surface area contributed by atoms with Crippen LogP contribution in [0, 0.1) is 0 Å². The lowest BCUT2D eigenvalue weighted by Gasteiger charge is -2.10. The van der Waals surface area contributed by atoms with E-state index in [9.17, 15) is 4.79 Å². The van der Waals surface area contributed by atoms with Gasteiger partial charge in [0.15, 0.2) is 5.16 Å². The Morgan fingerprint density at radius 2 is 1.74 bits per heavy atom. The highest BCUT2D eigenvalue weighted by molar-refractivity contribution is 7.99. The van der Waals surface area contributed by atoms with Crippen molar-refractivity contribution < 1.29 is 14.3 Å². The van der Waals surface area contributed by atoms with Crippen LogP contribution in [0.3, 0.4) is 0 Å². The lowest BCUT2D eigenvalue weighted by atomic mass is 10.2. The maximum atomic E-state index is 12.5. The number of hydrogen-bond acceptors (Lipinski definition) is 5. The normalized spacial score (nSPS) is 10.8. The minimum absolute atomic E-state index is 0.0878. The van der Waals surface area contributed by atoms with Gasteiger partial charge < -0.3 is 19.4 Å². The molecule has 1 N–H and O–H groups in total. The van der Waals surface area contributed by atoms with Crippen molar-refractivity contribution in [2.75, 3.05) is 25.3 Å². The minimum atomic E-state index is -0.0878. The summed E-state index contributed by atoms with van der Waals surface area (Å²) in [5.74, 6) is 1.73. The summed E-state index contributed by atoms with van der Waals surface area (Å²) in [6, 6.07) is 23.2. The Bertz CT molecular complexity index is 1190. The van der Waals surface area contributed by atoms with Crippen molar-refractivity contribution in [1.29, 1.82) is 0 Å². The van der Waals surface area contributed by atoms with Crippen LogP contribution in [0.1, 0.15) is 5.56 Å². The molecule has 3 aromatic carbocycles. The molecule has 7 heteroatoms. The van der Waals surface area contributed by atoms with E-state index in [1.165, 1.54) is 11.8 Å². The second kappa shape index (κ2) is 9.57. The zero-order valence-electron chi connectivity index (χ0n) is 17.4. The van der Waals surface area contributed by atoms with E-state index in [1.807, 2.05) is 66.7 Å². The Labute approximate surface area is 185 Å². The number of aromatic nitrogens is 2. The van der Waals surface area contributed by atoms with Crippen LogP contribution < -0.4 is 14.8 Å². The fraction of sp³-hybridized carbons (Fsp3) is 0.167. The van der Waals surface area contributed by atoms with E-state index in [-0.39, 0.29) is 11.7 Å². The molecule has 1 amide bonds. The highest BCUT2D eigenvalue weighted by atomic mass is 32.2. The standard InChI is InChI=1S/C24H23N3O3S/c1-29-19-12-10-18(11-13-19)25-23(28)16-31-24-26-21-8-3-4-9-22(21)27(24)15-17-6-5-7-20(14-17)30-2/h3-14H,15-16H2,1-2H3,(H,25,28). The quantitative estimate of drug-likeness (QED) is 0.403. The number of methoxy groups -OCH3 is 2. The third-order valence-corrected chi connectivity index (χ3v) is 5.78. The van der Waals surface area contributed by atoms with Crippen molar-refractivity contribution in [3.05, 3.63) is 78.4 Å². The number of amides is 1. The minimum Gasteiger partial charge on any atom is -0.497 e. The van der Waals surface area contributed by atoms with Crippen LogP contribution in [-0.2, 0) is 11.3 Å². The van der Waals surface area contributed by atoms with Gasteiger partial charge in [-0.05, 0) is 54.1 Å². The Hall–Kier alpha value is -3.45. The van der Waals surface area contributed by atoms with Crippen molar-refractivity contribution >= 4 is 34.4 Å². The number of hydrogen-bond donors (Lipinski definition) is 1. The molecular formula is C24H23N3O3S. The topological polar surface area (TPSA) is 65.4 Å². The zero-order chi connectivity index (χ0) is 21.6. The third-order valence-electron chi connectivity index (χ3n) is 4.80. The summed E-state index contributed by atoms with van der Waals surface area (Å²) in [7, 11) is 3.27. The molecule has 4 rings (SSSR count). The largest absolute Gasteiger partial charge is 0.497 e. The number of carbonyl (C=O) groups excluding carboxylic acids is 1. The number of nitrogens with one attached hydrogen (secondary N) is 1. The first-order valence-electron chi connectivity index (χ1n) is 9.81. The van der Waals surface area contributed by atoms with E-state index in [4.69, 9.17) is 14.5 Å². The molecule has 0 radical (unpaired) electrons. The fourth-order valence-electron chi connectivity index (χ4n) is 3.27. The molecule has 0 unspecified atom stereocenters. The van der Waals surface area contributed by atoms with Gasteiger partial charge in [0.05, 0.1) is 37.6 Å². The smallest absolute Gasteiger partial charge is 0.234 e. The molecule has 0 aliphatic carbocycles. The number of ether oxygens (including phenoxy) is 2. The monoisotopic (exact) mass is 433 g/mol. The Morgan fingerprint density at radius 1 is 0.968 bits per heavy atom. The molecular weight excluding hydrogens is 410 g/mol. The molecule has 0 bridgehead atoms. The number of fused-ring (bicyclic) bond motifs is 1. The molecule has 0 saturated heterocycles. The number of thioether (sulfide) groups is 1. The average molecular weight is 434 g/mol. The number of carbonyl (C=O) groups is 1. The summed E-state index contributed by atoms with van der Waals surface area (Å²) in [4.78, 5) is 17.2. The van der Waals surface area contributed by atoms with Crippen LogP contribution >= 0.6 is 11.8 Å². The molecule has 6 nitrogen and oxygen atoms in total. The summed E-state index contributed by atoms with van der Waals surface area (Å²) in [5, 5.41) is 3.71. The molecule has 1 aromatic heterocycles. The number of imidazole rings is 1. The second-order valence-electron chi connectivity index (χ2n) is 6.89. The molecule has 0 aliphatic heterocycles. The second-order valence-corrected chi connectivity index (χ2v) is 7.83. The van der Waals surface area contributed by atoms with Gasteiger partial charge in [0.25, 0.3) is 0 Å². The van der Waals surface area contributed by atoms with Crippen molar-refractivity contribution in [3.63, 3.8) is 0 Å². The van der Waals surface area contributed by atoms with Crippen LogP contribution in [0.15, 0.2) is 78.0 Å². The van der Waals surface area contributed by atoms with E-state index in [0.717, 1.165) is 38.9 Å². The first-order valence-corrected chi connectivity index (χ1v) is 10.8. The van der Waals surface area contributed by atoms with Gasteiger partial charge in [0.2, 0.25) is 5.91 Å². The van der Waals surface area contributed by atoms with Crippen LogP contribution in [0.4, 0.5) is 5.69 Å². The van der Waals surface area contributed by atoms with E-state index in [2.05, 4.69) is 16.0 Å². The summed E-state index contributed by atoms with van der Waals surface area (Å²) >= 11 is 1.42. The summed E-state index contributed by atoms with van der Waals surface area (Å²) in [6.45, 7) is 0.639. The highest BCUT2D eigenvalue weighted by Crippen LogP contribution is 2.26. The molecule has 1 heterocycles. The van der Waals surface area contributed by atoms with E-state index >= 15 is 0 Å². The SMILES string of the molecule is COc1ccc(NC(=O)CSc2nc3ccccc3n2Cc2cccc(OC)c2)cc1. The van der Waals surface area contributed by atoms with Crippen molar-refractivity contribution in [3.8, 4) is 11.5 Å². The lowest BCUT2D eigenvalue weighted by molar-refractivity contribution is -0.113. The number of para-hydroxylation sites is 2. The van der Waals surface area contributed by atoms with Gasteiger partial charge in [0, 0.05) is 5.69 Å². The first-order chi connectivity index (χ1) is 15.2. The lowest BCUT2D eigenvalue weighted by Crippen LogP contribution is -2.14. The first kappa shape index (κ1) is 20.8. The van der Waals surface area contributed by atoms with E-state index < -0.39 is 0 Å². The summed E-state index contributed by atoms with van der Waals surface area (Å²) in [5.41, 5.74) is 3.77. The third kappa shape index (κ3) is 5.00. The molecule has 158 valence electrons. The van der Waals surface area contributed by atoms with Crippen molar-refractivity contribution in [2.24, 2.45) is 0 Å². The number of rotatable bonds is 8. The van der Waals surface area contributed by atoms with Crippen LogP contribution in [0.5, 0.6) is 11.5 Å². The zero-order valence-corrected chi connectivity index (χ0v) is 18.2. The number of nitrogens with zero attached hydrogens (tertiary/aromatic N) is 2. The molecule has 0 saturated carbocycles. The van der Waals surface area contributed by atoms with Gasteiger partial charge in [-0.1, -0.05) is 36.0 Å². The van der Waals surface area contributed by atoms with Gasteiger partial charge >= 0.3 is 0 Å². The number of benzene rings is 3. The highest BCUT2D eigenvalue weighted by Gasteiger charge is 2.14. The maximum absolute atomic E-state index is 12.5. The van der Waals surface area contributed by atoms with Gasteiger partial charge in [-0.15, -0.1) is 0 Å². The molecule has 31 heavy (non-hydrogen) atoms. The Balaban J connectivity index is 1.51. The average Bonchev–Trinajstić information content (AvgIpc) is 3.15. The van der Waals surface area contributed by atoms with Crippen molar-refractivity contribution in [1.82, 2.24) is 9.55 Å². The summed E-state index contributed by atoms with van der Waals surface area (Å²) < 4.78 is 12.6. The molecule has 0 aliphatic rings. The van der Waals surface area contributed by atoms with E-state index in [1.54, 1.807) is 14.2 Å². The number of anilines is 1. The van der Waals surface area contributed by atoms with Gasteiger partial charge in [-0.3, -0.25) is 4.79 Å². The molecule has 0 spiro atoms. The van der Waals surface area contributed by atoms with Crippen molar-refractivity contribution in [2.45, 2.75) is 11.7 Å². The predicted molar refractivity (Wildman–Crippen MR) is 124 cm³/mol.